The van der Waals surface area contributed by atoms with Crippen molar-refractivity contribution in [1.82, 2.24) is 0 Å². The summed E-state index contributed by atoms with van der Waals surface area (Å²) in [5.74, 6) is -1.15. The molecular weight excluding hydrogens is 209 g/mol. The molecule has 1 aliphatic carbocycles. The van der Waals surface area contributed by atoms with Crippen LogP contribution in [0.4, 0.5) is 4.39 Å². The number of hydrogen-bond donors (Lipinski definition) is 2. The van der Waals surface area contributed by atoms with Gasteiger partial charge in [-0.3, -0.25) is 4.79 Å². The minimum Gasteiger partial charge on any atom is -0.481 e. The largest absolute Gasteiger partial charge is 0.481 e. The van der Waals surface area contributed by atoms with E-state index in [0.717, 1.165) is 0 Å². The van der Waals surface area contributed by atoms with Crippen molar-refractivity contribution in [2.75, 3.05) is 0 Å². The van der Waals surface area contributed by atoms with Crippen LogP contribution in [0, 0.1) is 18.2 Å². The molecule has 0 aromatic heterocycles. The van der Waals surface area contributed by atoms with Crippen LogP contribution in [0.5, 0.6) is 0 Å². The van der Waals surface area contributed by atoms with Crippen LogP contribution in [-0.4, -0.2) is 11.1 Å². The average Bonchev–Trinajstić information content (AvgIpc) is 3.02. The molecule has 0 heterocycles. The summed E-state index contributed by atoms with van der Waals surface area (Å²) in [7, 11) is 0. The van der Waals surface area contributed by atoms with Gasteiger partial charge in [-0.25, -0.2) is 4.39 Å². The van der Waals surface area contributed by atoms with Crippen LogP contribution < -0.4 is 5.73 Å². The van der Waals surface area contributed by atoms with E-state index in [1.54, 1.807) is 19.1 Å². The zero-order valence-corrected chi connectivity index (χ0v) is 9.03. The van der Waals surface area contributed by atoms with E-state index in [-0.39, 0.29) is 5.82 Å². The van der Waals surface area contributed by atoms with Crippen molar-refractivity contribution in [3.63, 3.8) is 0 Å². The summed E-state index contributed by atoms with van der Waals surface area (Å²) in [6.45, 7) is 1.64. The lowest BCUT2D eigenvalue weighted by atomic mass is 9.90. The van der Waals surface area contributed by atoms with E-state index in [1.165, 1.54) is 6.07 Å². The van der Waals surface area contributed by atoms with E-state index in [4.69, 9.17) is 10.8 Å². The molecule has 16 heavy (non-hydrogen) atoms. The van der Waals surface area contributed by atoms with Gasteiger partial charge in [0.15, 0.2) is 0 Å². The van der Waals surface area contributed by atoms with Gasteiger partial charge in [-0.05, 0) is 37.0 Å². The van der Waals surface area contributed by atoms with Crippen LogP contribution >= 0.6 is 0 Å². The molecule has 0 amide bonds. The molecule has 2 rings (SSSR count). The fourth-order valence-corrected chi connectivity index (χ4v) is 1.97. The van der Waals surface area contributed by atoms with Crippen LogP contribution in [-0.2, 0) is 4.79 Å². The van der Waals surface area contributed by atoms with Crippen molar-refractivity contribution in [1.29, 1.82) is 0 Å². The monoisotopic (exact) mass is 223 g/mol. The summed E-state index contributed by atoms with van der Waals surface area (Å²) in [4.78, 5) is 11.1. The lowest BCUT2D eigenvalue weighted by molar-refractivity contribution is -0.144. The molecule has 1 aliphatic rings. The number of carboxylic acid groups (broad SMARTS) is 1. The molecule has 1 aromatic carbocycles. The third-order valence-corrected chi connectivity index (χ3v) is 3.35. The van der Waals surface area contributed by atoms with Crippen molar-refractivity contribution in [3.8, 4) is 0 Å². The normalized spacial score (nSPS) is 19.2. The van der Waals surface area contributed by atoms with Gasteiger partial charge in [0.2, 0.25) is 0 Å². The Balaban J connectivity index is 2.31. The molecule has 1 saturated carbocycles. The predicted octanol–water partition coefficient (Wildman–Crippen LogP) is 2.00. The lowest BCUT2D eigenvalue weighted by Crippen LogP contribution is -2.29. The standard InChI is InChI=1S/C12H14FNO2/c1-7-6-8(2-3-9(7)13)10(14)12(4-5-12)11(15)16/h2-3,6,10H,4-5,14H2,1H3,(H,15,16). The molecule has 0 aliphatic heterocycles. The zero-order chi connectivity index (χ0) is 11.9. The van der Waals surface area contributed by atoms with Gasteiger partial charge in [0, 0.05) is 6.04 Å². The molecule has 0 spiro atoms. The Hall–Kier alpha value is -1.42. The summed E-state index contributed by atoms with van der Waals surface area (Å²) in [6, 6.07) is 3.98. The van der Waals surface area contributed by atoms with Crippen molar-refractivity contribution in [2.24, 2.45) is 11.1 Å². The van der Waals surface area contributed by atoms with E-state index in [0.29, 0.717) is 24.0 Å². The quantitative estimate of drug-likeness (QED) is 0.823. The van der Waals surface area contributed by atoms with Crippen molar-refractivity contribution in [2.45, 2.75) is 25.8 Å². The number of hydrogen-bond acceptors (Lipinski definition) is 2. The van der Waals surface area contributed by atoms with Crippen molar-refractivity contribution < 1.29 is 14.3 Å². The van der Waals surface area contributed by atoms with Gasteiger partial charge in [0.25, 0.3) is 0 Å². The minimum atomic E-state index is -0.859. The molecule has 0 bridgehead atoms. The molecular formula is C12H14FNO2. The Morgan fingerprint density at radius 1 is 1.56 bits per heavy atom. The van der Waals surface area contributed by atoms with E-state index >= 15 is 0 Å². The Kier molecular flexibility index (Phi) is 2.46. The van der Waals surface area contributed by atoms with Crippen LogP contribution in [0.3, 0.4) is 0 Å². The van der Waals surface area contributed by atoms with E-state index in [2.05, 4.69) is 0 Å². The summed E-state index contributed by atoms with van der Waals surface area (Å²) in [5.41, 5.74) is 6.31. The highest BCUT2D eigenvalue weighted by molar-refractivity contribution is 5.79. The maximum Gasteiger partial charge on any atom is 0.311 e. The lowest BCUT2D eigenvalue weighted by Gasteiger charge is -2.19. The number of carboxylic acids is 1. The third kappa shape index (κ3) is 1.59. The van der Waals surface area contributed by atoms with Gasteiger partial charge in [0.1, 0.15) is 5.82 Å². The Morgan fingerprint density at radius 2 is 2.19 bits per heavy atom. The van der Waals surface area contributed by atoms with Crippen molar-refractivity contribution in [3.05, 3.63) is 35.1 Å². The molecule has 3 nitrogen and oxygen atoms in total. The molecule has 86 valence electrons. The fourth-order valence-electron chi connectivity index (χ4n) is 1.97. The molecule has 0 saturated heterocycles. The van der Waals surface area contributed by atoms with Gasteiger partial charge in [-0.2, -0.15) is 0 Å². The van der Waals surface area contributed by atoms with Crippen LogP contribution in [0.25, 0.3) is 0 Å². The first-order valence-corrected chi connectivity index (χ1v) is 5.22. The summed E-state index contributed by atoms with van der Waals surface area (Å²) in [6.07, 6.45) is 1.19. The van der Waals surface area contributed by atoms with Crippen LogP contribution in [0.2, 0.25) is 0 Å². The number of aliphatic carboxylic acids is 1. The van der Waals surface area contributed by atoms with E-state index < -0.39 is 17.4 Å². The number of nitrogens with two attached hydrogens (primary N) is 1. The van der Waals surface area contributed by atoms with E-state index in [9.17, 15) is 9.18 Å². The molecule has 1 fully saturated rings. The first-order valence-electron chi connectivity index (χ1n) is 5.22. The summed E-state index contributed by atoms with van der Waals surface area (Å²) >= 11 is 0. The fraction of sp³-hybridized carbons (Fsp3) is 0.417. The second-order valence-corrected chi connectivity index (χ2v) is 4.45. The Bertz CT molecular complexity index is 441. The minimum absolute atomic E-state index is 0.295. The second-order valence-electron chi connectivity index (χ2n) is 4.45. The SMILES string of the molecule is Cc1cc(C(N)C2(C(=O)O)CC2)ccc1F. The van der Waals surface area contributed by atoms with Crippen LogP contribution in [0.15, 0.2) is 18.2 Å². The van der Waals surface area contributed by atoms with Gasteiger partial charge >= 0.3 is 5.97 Å². The van der Waals surface area contributed by atoms with Gasteiger partial charge in [-0.15, -0.1) is 0 Å². The van der Waals surface area contributed by atoms with Gasteiger partial charge < -0.3 is 10.8 Å². The summed E-state index contributed by atoms with van der Waals surface area (Å²) < 4.78 is 13.1. The number of carbonyl (C=O) groups is 1. The van der Waals surface area contributed by atoms with E-state index in [1.807, 2.05) is 0 Å². The number of rotatable bonds is 3. The van der Waals surface area contributed by atoms with Gasteiger partial charge in [-0.1, -0.05) is 12.1 Å². The maximum atomic E-state index is 13.1. The predicted molar refractivity (Wildman–Crippen MR) is 57.4 cm³/mol. The smallest absolute Gasteiger partial charge is 0.311 e. The highest BCUT2D eigenvalue weighted by Gasteiger charge is 2.55. The first-order chi connectivity index (χ1) is 7.47. The average molecular weight is 223 g/mol. The van der Waals surface area contributed by atoms with Crippen molar-refractivity contribution >= 4 is 5.97 Å². The highest BCUT2D eigenvalue weighted by Crippen LogP contribution is 2.54. The third-order valence-electron chi connectivity index (χ3n) is 3.35. The molecule has 1 unspecified atom stereocenters. The Labute approximate surface area is 93.1 Å². The highest BCUT2D eigenvalue weighted by atomic mass is 19.1. The molecule has 3 N–H and O–H groups in total. The molecule has 4 heteroatoms. The maximum absolute atomic E-state index is 13.1. The molecule has 1 aromatic rings. The Morgan fingerprint density at radius 3 is 2.62 bits per heavy atom. The van der Waals surface area contributed by atoms with Crippen LogP contribution in [0.1, 0.15) is 30.0 Å². The van der Waals surface area contributed by atoms with Gasteiger partial charge in [0.05, 0.1) is 5.41 Å². The summed E-state index contributed by atoms with van der Waals surface area (Å²) in [5, 5.41) is 9.11. The number of benzene rings is 1. The molecule has 0 radical (unpaired) electrons. The topological polar surface area (TPSA) is 63.3 Å². The second kappa shape index (κ2) is 3.56. The number of aryl methyl sites for hydroxylation is 1. The zero-order valence-electron chi connectivity index (χ0n) is 9.03. The number of halogens is 1. The first kappa shape index (κ1) is 11.1. The molecule has 1 atom stereocenters.